The molecule has 1 heterocycles. The van der Waals surface area contributed by atoms with Gasteiger partial charge in [-0.1, -0.05) is 18.2 Å². The molecule has 0 N–H and O–H groups in total. The molecule has 1 aromatic heterocycles. The van der Waals surface area contributed by atoms with E-state index in [0.717, 1.165) is 10.9 Å². The molecule has 18 heavy (non-hydrogen) atoms. The number of fused-ring (bicyclic) bond motifs is 1. The highest BCUT2D eigenvalue weighted by atomic mass is 16.2. The van der Waals surface area contributed by atoms with E-state index in [-0.39, 0.29) is 12.2 Å². The van der Waals surface area contributed by atoms with Crippen molar-refractivity contribution in [2.24, 2.45) is 7.05 Å². The molecule has 0 aliphatic rings. The lowest BCUT2D eigenvalue weighted by Gasteiger charge is -2.02. The molecule has 92 valence electrons. The molecule has 0 unspecified atom stereocenters. The predicted molar refractivity (Wildman–Crippen MR) is 67.6 cm³/mol. The van der Waals surface area contributed by atoms with Crippen molar-refractivity contribution < 1.29 is 14.4 Å². The molecule has 2 aromatic rings. The van der Waals surface area contributed by atoms with Gasteiger partial charge in [-0.15, -0.1) is 0 Å². The maximum Gasteiger partial charge on any atom is 0.205 e. The summed E-state index contributed by atoms with van der Waals surface area (Å²) in [5, 5.41) is 0.943. The van der Waals surface area contributed by atoms with Crippen molar-refractivity contribution >= 4 is 28.3 Å². The number of benzene rings is 1. The number of carbonyl (C=O) groups excluding carboxylic acids is 3. The summed E-state index contributed by atoms with van der Waals surface area (Å²) in [4.78, 5) is 34.1. The number of aryl methyl sites for hydroxylation is 1. The van der Waals surface area contributed by atoms with Crippen LogP contribution in [-0.2, 0) is 16.6 Å². The summed E-state index contributed by atoms with van der Waals surface area (Å²) in [5.74, 6) is -1.55. The van der Waals surface area contributed by atoms with E-state index in [1.807, 2.05) is 24.3 Å². The molecule has 0 saturated heterocycles. The smallest absolute Gasteiger partial charge is 0.205 e. The molecule has 0 aliphatic heterocycles. The molecular formula is C14H13NO3. The third-order valence-corrected chi connectivity index (χ3v) is 2.95. The van der Waals surface area contributed by atoms with Gasteiger partial charge in [0.1, 0.15) is 0 Å². The van der Waals surface area contributed by atoms with Crippen LogP contribution in [0, 0.1) is 0 Å². The minimum atomic E-state index is -0.648. The topological polar surface area (TPSA) is 56.1 Å². The Labute approximate surface area is 104 Å². The zero-order valence-electron chi connectivity index (χ0n) is 10.3. The highest BCUT2D eigenvalue weighted by molar-refractivity contribution is 6.40. The number of para-hydroxylation sites is 1. The third-order valence-electron chi connectivity index (χ3n) is 2.95. The van der Waals surface area contributed by atoms with Gasteiger partial charge in [0.15, 0.2) is 11.6 Å². The molecule has 4 nitrogen and oxygen atoms in total. The van der Waals surface area contributed by atoms with Gasteiger partial charge in [-0.3, -0.25) is 14.4 Å². The molecule has 0 bridgehead atoms. The fourth-order valence-electron chi connectivity index (χ4n) is 1.92. The van der Waals surface area contributed by atoms with Gasteiger partial charge in [0, 0.05) is 24.9 Å². The SMILES string of the molecule is CC(=O)C(=O)CC(=O)c1cc2ccccc2n1C. The second-order valence-electron chi connectivity index (χ2n) is 4.23. The third kappa shape index (κ3) is 2.09. The number of ketones is 3. The van der Waals surface area contributed by atoms with Crippen molar-refractivity contribution in [2.45, 2.75) is 13.3 Å². The molecule has 2 rings (SSSR count). The zero-order valence-corrected chi connectivity index (χ0v) is 10.3. The molecule has 0 atom stereocenters. The standard InChI is InChI=1S/C14H13NO3/c1-9(16)13(17)8-14(18)12-7-10-5-3-4-6-11(10)15(12)2/h3-7H,8H2,1-2H3. The Morgan fingerprint density at radius 1 is 1.17 bits per heavy atom. The van der Waals surface area contributed by atoms with Gasteiger partial charge in [0.05, 0.1) is 12.1 Å². The number of hydrogen-bond acceptors (Lipinski definition) is 3. The van der Waals surface area contributed by atoms with Crippen LogP contribution in [0.2, 0.25) is 0 Å². The maximum absolute atomic E-state index is 12.0. The molecule has 0 amide bonds. The van der Waals surface area contributed by atoms with Crippen LogP contribution in [0.1, 0.15) is 23.8 Å². The summed E-state index contributed by atoms with van der Waals surface area (Å²) in [5.41, 5.74) is 1.38. The highest BCUT2D eigenvalue weighted by Crippen LogP contribution is 2.19. The van der Waals surface area contributed by atoms with E-state index in [9.17, 15) is 14.4 Å². The summed E-state index contributed by atoms with van der Waals surface area (Å²) in [6.45, 7) is 1.18. The van der Waals surface area contributed by atoms with E-state index in [1.165, 1.54) is 6.92 Å². The van der Waals surface area contributed by atoms with Gasteiger partial charge in [0.25, 0.3) is 0 Å². The number of carbonyl (C=O) groups is 3. The Morgan fingerprint density at radius 2 is 1.83 bits per heavy atom. The first-order valence-electron chi connectivity index (χ1n) is 5.62. The first-order chi connectivity index (χ1) is 8.50. The van der Waals surface area contributed by atoms with Crippen LogP contribution in [-0.4, -0.2) is 21.9 Å². The van der Waals surface area contributed by atoms with E-state index < -0.39 is 11.6 Å². The summed E-state index contributed by atoms with van der Waals surface area (Å²) >= 11 is 0. The second kappa shape index (κ2) is 4.56. The van der Waals surface area contributed by atoms with Crippen molar-refractivity contribution in [2.75, 3.05) is 0 Å². The lowest BCUT2D eigenvalue weighted by Crippen LogP contribution is -2.16. The number of Topliss-reactive ketones (excluding diaryl/α,β-unsaturated/α-hetero) is 3. The van der Waals surface area contributed by atoms with Crippen LogP contribution in [0.4, 0.5) is 0 Å². The van der Waals surface area contributed by atoms with Crippen LogP contribution in [0.3, 0.4) is 0 Å². The lowest BCUT2D eigenvalue weighted by molar-refractivity contribution is -0.134. The first kappa shape index (κ1) is 12.2. The van der Waals surface area contributed by atoms with Crippen LogP contribution in [0.25, 0.3) is 10.9 Å². The number of hydrogen-bond donors (Lipinski definition) is 0. The molecule has 0 radical (unpaired) electrons. The van der Waals surface area contributed by atoms with Gasteiger partial charge >= 0.3 is 0 Å². The molecule has 4 heteroatoms. The summed E-state index contributed by atoms with van der Waals surface area (Å²) in [6.07, 6.45) is -0.362. The zero-order chi connectivity index (χ0) is 13.3. The monoisotopic (exact) mass is 243 g/mol. The molecule has 0 fully saturated rings. The van der Waals surface area contributed by atoms with E-state index >= 15 is 0 Å². The van der Waals surface area contributed by atoms with Crippen LogP contribution in [0.5, 0.6) is 0 Å². The predicted octanol–water partition coefficient (Wildman–Crippen LogP) is 1.91. The molecular weight excluding hydrogens is 230 g/mol. The van der Waals surface area contributed by atoms with Gasteiger partial charge in [-0.2, -0.15) is 0 Å². The Bertz CT molecular complexity index is 652. The van der Waals surface area contributed by atoms with Gasteiger partial charge < -0.3 is 4.57 Å². The number of aromatic nitrogens is 1. The second-order valence-corrected chi connectivity index (χ2v) is 4.23. The maximum atomic E-state index is 12.0. The largest absolute Gasteiger partial charge is 0.341 e. The average molecular weight is 243 g/mol. The normalized spacial score (nSPS) is 10.6. The minimum absolute atomic E-state index is 0.325. The molecule has 0 aliphatic carbocycles. The fraction of sp³-hybridized carbons (Fsp3) is 0.214. The van der Waals surface area contributed by atoms with Crippen molar-refractivity contribution in [1.82, 2.24) is 4.57 Å². The van der Waals surface area contributed by atoms with Crippen LogP contribution in [0.15, 0.2) is 30.3 Å². The van der Waals surface area contributed by atoms with Gasteiger partial charge in [-0.05, 0) is 12.1 Å². The van der Waals surface area contributed by atoms with E-state index in [1.54, 1.807) is 17.7 Å². The fourth-order valence-corrected chi connectivity index (χ4v) is 1.92. The quantitative estimate of drug-likeness (QED) is 0.468. The Balaban J connectivity index is 2.37. The van der Waals surface area contributed by atoms with Crippen LogP contribution >= 0.6 is 0 Å². The van der Waals surface area contributed by atoms with Crippen molar-refractivity contribution in [3.63, 3.8) is 0 Å². The summed E-state index contributed by atoms with van der Waals surface area (Å²) in [6, 6.07) is 9.32. The Kier molecular flexibility index (Phi) is 3.10. The summed E-state index contributed by atoms with van der Waals surface area (Å²) in [7, 11) is 1.77. The van der Waals surface area contributed by atoms with E-state index in [2.05, 4.69) is 0 Å². The highest BCUT2D eigenvalue weighted by Gasteiger charge is 2.18. The summed E-state index contributed by atoms with van der Waals surface area (Å²) < 4.78 is 1.74. The number of rotatable bonds is 4. The van der Waals surface area contributed by atoms with Gasteiger partial charge in [0.2, 0.25) is 5.78 Å². The average Bonchev–Trinajstić information content (AvgIpc) is 2.67. The van der Waals surface area contributed by atoms with E-state index in [4.69, 9.17) is 0 Å². The number of nitrogens with zero attached hydrogens (tertiary/aromatic N) is 1. The van der Waals surface area contributed by atoms with Crippen molar-refractivity contribution in [3.05, 3.63) is 36.0 Å². The van der Waals surface area contributed by atoms with Crippen molar-refractivity contribution in [1.29, 1.82) is 0 Å². The van der Waals surface area contributed by atoms with Crippen molar-refractivity contribution in [3.8, 4) is 0 Å². The molecule has 0 saturated carbocycles. The van der Waals surface area contributed by atoms with E-state index in [0.29, 0.717) is 5.69 Å². The lowest BCUT2D eigenvalue weighted by atomic mass is 10.1. The van der Waals surface area contributed by atoms with Gasteiger partial charge in [-0.25, -0.2) is 0 Å². The first-order valence-corrected chi connectivity index (χ1v) is 5.62. The Hall–Kier alpha value is -2.23. The molecule has 1 aromatic carbocycles. The Morgan fingerprint density at radius 3 is 2.44 bits per heavy atom. The minimum Gasteiger partial charge on any atom is -0.341 e. The molecule has 0 spiro atoms. The van der Waals surface area contributed by atoms with Crippen LogP contribution < -0.4 is 0 Å².